The minimum absolute atomic E-state index is 0.391. The molecule has 0 spiro atoms. The lowest BCUT2D eigenvalue weighted by atomic mass is 10.1. The molecule has 0 aromatic carbocycles. The minimum Gasteiger partial charge on any atom is -0.329 e. The van der Waals surface area contributed by atoms with Crippen LogP contribution in [0.5, 0.6) is 0 Å². The lowest BCUT2D eigenvalue weighted by molar-refractivity contribution is 0.0880. The van der Waals surface area contributed by atoms with E-state index in [1.807, 2.05) is 12.1 Å². The second kappa shape index (κ2) is 5.91. The van der Waals surface area contributed by atoms with Crippen LogP contribution in [0.2, 0.25) is 0 Å². The highest BCUT2D eigenvalue weighted by Crippen LogP contribution is 2.12. The molecule has 5 nitrogen and oxygen atoms in total. The fourth-order valence-electron chi connectivity index (χ4n) is 2.35. The maximum atomic E-state index is 8.85. The highest BCUT2D eigenvalue weighted by atomic mass is 15.3. The molecule has 1 fully saturated rings. The third kappa shape index (κ3) is 3.05. The largest absolute Gasteiger partial charge is 0.329 e. The number of nitriles is 1. The van der Waals surface area contributed by atoms with Gasteiger partial charge in [0.25, 0.3) is 0 Å². The molecule has 1 saturated heterocycles. The molecule has 0 aliphatic carbocycles. The smallest absolute Gasteiger partial charge is 0.140 e. The summed E-state index contributed by atoms with van der Waals surface area (Å²) in [5.74, 6) is 0. The maximum Gasteiger partial charge on any atom is 0.140 e. The van der Waals surface area contributed by atoms with Crippen molar-refractivity contribution in [1.29, 1.82) is 5.26 Å². The van der Waals surface area contributed by atoms with Gasteiger partial charge in [0.15, 0.2) is 0 Å². The average molecular weight is 245 g/mol. The molecule has 2 heterocycles. The number of nitrogens with zero attached hydrogens (tertiary/aromatic N) is 4. The van der Waals surface area contributed by atoms with Gasteiger partial charge in [0, 0.05) is 45.0 Å². The number of pyridine rings is 1. The summed E-state index contributed by atoms with van der Waals surface area (Å²) in [7, 11) is 2.13. The van der Waals surface area contributed by atoms with Crippen LogP contribution < -0.4 is 5.73 Å². The standard InChI is InChI=1S/C13H19N5/c1-17-4-5-18(13(8-15)10-17)9-11-2-3-16-12(6-11)7-14/h2-3,6,13H,4-5,8-10,15H2,1H3. The van der Waals surface area contributed by atoms with Crippen molar-refractivity contribution in [2.75, 3.05) is 33.2 Å². The van der Waals surface area contributed by atoms with Crippen LogP contribution in [0.3, 0.4) is 0 Å². The molecule has 1 atom stereocenters. The molecule has 96 valence electrons. The molecule has 0 saturated carbocycles. The number of nitrogens with two attached hydrogens (primary N) is 1. The van der Waals surface area contributed by atoms with E-state index in [4.69, 9.17) is 11.0 Å². The van der Waals surface area contributed by atoms with Gasteiger partial charge in [-0.3, -0.25) is 4.90 Å². The third-order valence-corrected chi connectivity index (χ3v) is 3.40. The summed E-state index contributed by atoms with van der Waals surface area (Å²) in [6, 6.07) is 6.28. The second-order valence-electron chi connectivity index (χ2n) is 4.78. The number of hydrogen-bond donors (Lipinski definition) is 1. The lowest BCUT2D eigenvalue weighted by Gasteiger charge is -2.39. The SMILES string of the molecule is CN1CCN(Cc2ccnc(C#N)c2)C(CN)C1. The molecular formula is C13H19N5. The first-order valence-electron chi connectivity index (χ1n) is 6.20. The van der Waals surface area contributed by atoms with Crippen molar-refractivity contribution in [3.05, 3.63) is 29.6 Å². The van der Waals surface area contributed by atoms with Gasteiger partial charge in [-0.05, 0) is 24.7 Å². The van der Waals surface area contributed by atoms with Crippen LogP contribution in [-0.2, 0) is 6.54 Å². The Labute approximate surface area is 108 Å². The summed E-state index contributed by atoms with van der Waals surface area (Å²) in [4.78, 5) is 8.68. The molecule has 0 bridgehead atoms. The summed E-state index contributed by atoms with van der Waals surface area (Å²) in [5.41, 5.74) is 7.44. The van der Waals surface area contributed by atoms with Crippen LogP contribution >= 0.6 is 0 Å². The molecule has 1 aromatic heterocycles. The van der Waals surface area contributed by atoms with Gasteiger partial charge in [-0.25, -0.2) is 4.98 Å². The predicted octanol–water partition coefficient (Wildman–Crippen LogP) is 0.0280. The van der Waals surface area contributed by atoms with Crippen molar-refractivity contribution in [3.63, 3.8) is 0 Å². The molecule has 1 aromatic rings. The lowest BCUT2D eigenvalue weighted by Crippen LogP contribution is -2.54. The van der Waals surface area contributed by atoms with E-state index in [9.17, 15) is 0 Å². The van der Waals surface area contributed by atoms with Crippen molar-refractivity contribution in [1.82, 2.24) is 14.8 Å². The number of rotatable bonds is 3. The highest BCUT2D eigenvalue weighted by Gasteiger charge is 2.23. The Morgan fingerprint density at radius 1 is 1.56 bits per heavy atom. The van der Waals surface area contributed by atoms with Gasteiger partial charge in [0.05, 0.1) is 0 Å². The molecule has 1 unspecified atom stereocenters. The van der Waals surface area contributed by atoms with E-state index in [0.29, 0.717) is 18.3 Å². The monoisotopic (exact) mass is 245 g/mol. The van der Waals surface area contributed by atoms with Crippen molar-refractivity contribution >= 4 is 0 Å². The van der Waals surface area contributed by atoms with E-state index in [0.717, 1.165) is 31.7 Å². The quantitative estimate of drug-likeness (QED) is 0.813. The van der Waals surface area contributed by atoms with Crippen LogP contribution in [0.4, 0.5) is 0 Å². The fourth-order valence-corrected chi connectivity index (χ4v) is 2.35. The summed E-state index contributed by atoms with van der Waals surface area (Å²) in [5, 5.41) is 8.85. The Balaban J connectivity index is 2.05. The summed E-state index contributed by atoms with van der Waals surface area (Å²) in [6.45, 7) is 4.59. The topological polar surface area (TPSA) is 69.2 Å². The molecule has 18 heavy (non-hydrogen) atoms. The zero-order chi connectivity index (χ0) is 13.0. The highest BCUT2D eigenvalue weighted by molar-refractivity contribution is 5.25. The Hall–Kier alpha value is -1.48. The first-order chi connectivity index (χ1) is 8.72. The van der Waals surface area contributed by atoms with E-state index in [2.05, 4.69) is 27.9 Å². The van der Waals surface area contributed by atoms with Gasteiger partial charge < -0.3 is 10.6 Å². The van der Waals surface area contributed by atoms with Crippen molar-refractivity contribution in [3.8, 4) is 6.07 Å². The molecule has 5 heteroatoms. The van der Waals surface area contributed by atoms with Gasteiger partial charge in [-0.2, -0.15) is 5.26 Å². The van der Waals surface area contributed by atoms with Crippen LogP contribution in [0.25, 0.3) is 0 Å². The predicted molar refractivity (Wildman–Crippen MR) is 69.7 cm³/mol. The van der Waals surface area contributed by atoms with Gasteiger partial charge in [-0.1, -0.05) is 0 Å². The van der Waals surface area contributed by atoms with Crippen LogP contribution in [0.15, 0.2) is 18.3 Å². The van der Waals surface area contributed by atoms with E-state index in [-0.39, 0.29) is 0 Å². The summed E-state index contributed by atoms with van der Waals surface area (Å²) in [6.07, 6.45) is 1.70. The number of likely N-dealkylation sites (N-methyl/N-ethyl adjacent to an activating group) is 1. The zero-order valence-corrected chi connectivity index (χ0v) is 10.7. The van der Waals surface area contributed by atoms with E-state index >= 15 is 0 Å². The molecule has 0 amide bonds. The first-order valence-corrected chi connectivity index (χ1v) is 6.20. The Morgan fingerprint density at radius 3 is 3.11 bits per heavy atom. The van der Waals surface area contributed by atoms with E-state index in [1.54, 1.807) is 6.20 Å². The van der Waals surface area contributed by atoms with Gasteiger partial charge in [0.2, 0.25) is 0 Å². The van der Waals surface area contributed by atoms with E-state index in [1.165, 1.54) is 0 Å². The Bertz CT molecular complexity index is 439. The van der Waals surface area contributed by atoms with Crippen molar-refractivity contribution < 1.29 is 0 Å². The van der Waals surface area contributed by atoms with Crippen LogP contribution in [-0.4, -0.2) is 54.1 Å². The molecule has 2 rings (SSSR count). The average Bonchev–Trinajstić information content (AvgIpc) is 2.41. The number of piperazine rings is 1. The maximum absolute atomic E-state index is 8.85. The normalized spacial score (nSPS) is 21.7. The van der Waals surface area contributed by atoms with Gasteiger partial charge in [-0.15, -0.1) is 0 Å². The van der Waals surface area contributed by atoms with Crippen LogP contribution in [0, 0.1) is 11.3 Å². The van der Waals surface area contributed by atoms with Gasteiger partial charge >= 0.3 is 0 Å². The summed E-state index contributed by atoms with van der Waals surface area (Å²) >= 11 is 0. The fraction of sp³-hybridized carbons (Fsp3) is 0.538. The molecule has 1 aliphatic rings. The number of aromatic nitrogens is 1. The Kier molecular flexibility index (Phi) is 4.26. The first kappa shape index (κ1) is 13.0. The van der Waals surface area contributed by atoms with Crippen LogP contribution in [0.1, 0.15) is 11.3 Å². The van der Waals surface area contributed by atoms with Crippen molar-refractivity contribution in [2.45, 2.75) is 12.6 Å². The third-order valence-electron chi connectivity index (χ3n) is 3.40. The molecule has 0 radical (unpaired) electrons. The Morgan fingerprint density at radius 2 is 2.39 bits per heavy atom. The molecule has 2 N–H and O–H groups in total. The number of hydrogen-bond acceptors (Lipinski definition) is 5. The van der Waals surface area contributed by atoms with E-state index < -0.39 is 0 Å². The van der Waals surface area contributed by atoms with Gasteiger partial charge in [0.1, 0.15) is 11.8 Å². The molecule has 1 aliphatic heterocycles. The minimum atomic E-state index is 0.391. The van der Waals surface area contributed by atoms with Crippen molar-refractivity contribution in [2.24, 2.45) is 5.73 Å². The summed E-state index contributed by atoms with van der Waals surface area (Å²) < 4.78 is 0. The zero-order valence-electron chi connectivity index (χ0n) is 10.7. The second-order valence-corrected chi connectivity index (χ2v) is 4.78. The molecular weight excluding hydrogens is 226 g/mol.